The number of thiazole rings is 1. The number of aromatic nitrogens is 1. The molecule has 0 aliphatic rings. The Hall–Kier alpha value is -3.54. The maximum atomic E-state index is 6.61. The second-order valence-corrected chi connectivity index (χ2v) is 9.97. The number of hydrogen-bond acceptors (Lipinski definition) is 5. The fraction of sp³-hybridized carbons (Fsp3) is 0.167. The Labute approximate surface area is 220 Å². The molecule has 0 radical (unpaired) electrons. The summed E-state index contributed by atoms with van der Waals surface area (Å²) in [4.78, 5) is 4.78. The summed E-state index contributed by atoms with van der Waals surface area (Å²) in [5.41, 5.74) is 6.52. The van der Waals surface area contributed by atoms with Gasteiger partial charge in [-0.3, -0.25) is 0 Å². The molecule has 5 rings (SSSR count). The van der Waals surface area contributed by atoms with Gasteiger partial charge < -0.3 is 14.8 Å². The number of halogens is 1. The van der Waals surface area contributed by atoms with Crippen LogP contribution in [0.15, 0.2) is 84.9 Å². The number of hydrogen-bond donors (Lipinski definition) is 1. The molecule has 0 fully saturated rings. The zero-order valence-corrected chi connectivity index (χ0v) is 21.8. The molecule has 0 saturated carbocycles. The van der Waals surface area contributed by atoms with Crippen molar-refractivity contribution in [3.63, 3.8) is 0 Å². The Balaban J connectivity index is 1.27. The van der Waals surface area contributed by atoms with E-state index in [1.807, 2.05) is 49.4 Å². The van der Waals surface area contributed by atoms with E-state index >= 15 is 0 Å². The number of nitrogens with one attached hydrogen (secondary N) is 1. The fourth-order valence-electron chi connectivity index (χ4n) is 3.95. The van der Waals surface area contributed by atoms with Gasteiger partial charge in [-0.05, 0) is 79.1 Å². The van der Waals surface area contributed by atoms with Gasteiger partial charge in [-0.2, -0.15) is 0 Å². The Kier molecular flexibility index (Phi) is 7.40. The van der Waals surface area contributed by atoms with Gasteiger partial charge in [-0.1, -0.05) is 48.0 Å². The molecule has 0 unspecified atom stereocenters. The van der Waals surface area contributed by atoms with Gasteiger partial charge in [0.1, 0.15) is 11.6 Å². The summed E-state index contributed by atoms with van der Waals surface area (Å²) in [6.07, 6.45) is 0. The maximum Gasteiger partial charge on any atom is 0.180 e. The Morgan fingerprint density at radius 3 is 2.47 bits per heavy atom. The molecular formula is C30H27ClN2O2S. The highest BCUT2D eigenvalue weighted by Crippen LogP contribution is 2.37. The van der Waals surface area contributed by atoms with Crippen LogP contribution in [-0.4, -0.2) is 11.6 Å². The predicted molar refractivity (Wildman–Crippen MR) is 151 cm³/mol. The van der Waals surface area contributed by atoms with Gasteiger partial charge in [-0.15, -0.1) is 11.3 Å². The third-order valence-corrected chi connectivity index (χ3v) is 7.12. The van der Waals surface area contributed by atoms with E-state index in [1.165, 1.54) is 10.3 Å². The average Bonchev–Trinajstić information content (AvgIpc) is 3.31. The molecule has 1 heterocycles. The van der Waals surface area contributed by atoms with Crippen molar-refractivity contribution in [1.29, 1.82) is 0 Å². The van der Waals surface area contributed by atoms with E-state index in [0.29, 0.717) is 36.3 Å². The van der Waals surface area contributed by atoms with Crippen LogP contribution in [0.3, 0.4) is 0 Å². The van der Waals surface area contributed by atoms with Crippen LogP contribution in [0.2, 0.25) is 5.02 Å². The Bertz CT molecular complexity index is 1470. The number of benzene rings is 4. The fourth-order valence-corrected chi connectivity index (χ4v) is 5.30. The number of anilines is 1. The van der Waals surface area contributed by atoms with Crippen LogP contribution >= 0.6 is 22.9 Å². The standard InChI is InChI=1S/C30H27ClN2O2S/c1-3-34-27-17-22(16-25(31)29(27)35-19-21-7-5-4-6-8-21)18-32-24-12-10-23(11-13-24)30-33-26-14-9-20(2)15-28(26)36-30/h4-17,32H,3,18-19H2,1-2H3. The van der Waals surface area contributed by atoms with E-state index in [-0.39, 0.29) is 0 Å². The van der Waals surface area contributed by atoms with Gasteiger partial charge in [0, 0.05) is 17.8 Å². The maximum absolute atomic E-state index is 6.61. The lowest BCUT2D eigenvalue weighted by atomic mass is 10.1. The lowest BCUT2D eigenvalue weighted by Gasteiger charge is -2.16. The summed E-state index contributed by atoms with van der Waals surface area (Å²) in [6, 6.07) is 28.7. The molecule has 0 aliphatic carbocycles. The molecular weight excluding hydrogens is 488 g/mol. The van der Waals surface area contributed by atoms with Gasteiger partial charge in [0.25, 0.3) is 0 Å². The second-order valence-electron chi connectivity index (χ2n) is 8.53. The summed E-state index contributed by atoms with van der Waals surface area (Å²) >= 11 is 8.33. The van der Waals surface area contributed by atoms with Crippen molar-refractivity contribution in [2.45, 2.75) is 27.0 Å². The SMILES string of the molecule is CCOc1cc(CNc2ccc(-c3nc4ccc(C)cc4s3)cc2)cc(Cl)c1OCc1ccccc1. The van der Waals surface area contributed by atoms with Crippen LogP contribution in [0, 0.1) is 6.92 Å². The van der Waals surface area contributed by atoms with Crippen molar-refractivity contribution in [2.75, 3.05) is 11.9 Å². The molecule has 0 aliphatic heterocycles. The lowest BCUT2D eigenvalue weighted by Crippen LogP contribution is -2.04. The first-order valence-electron chi connectivity index (χ1n) is 11.9. The van der Waals surface area contributed by atoms with Gasteiger partial charge >= 0.3 is 0 Å². The van der Waals surface area contributed by atoms with Crippen LogP contribution < -0.4 is 14.8 Å². The van der Waals surface area contributed by atoms with Crippen molar-refractivity contribution < 1.29 is 9.47 Å². The zero-order valence-electron chi connectivity index (χ0n) is 20.3. The van der Waals surface area contributed by atoms with Crippen molar-refractivity contribution in [1.82, 2.24) is 4.98 Å². The van der Waals surface area contributed by atoms with E-state index in [1.54, 1.807) is 11.3 Å². The van der Waals surface area contributed by atoms with E-state index in [0.717, 1.165) is 32.9 Å². The highest BCUT2D eigenvalue weighted by Gasteiger charge is 2.13. The largest absolute Gasteiger partial charge is 0.490 e. The first-order chi connectivity index (χ1) is 17.6. The molecule has 0 spiro atoms. The first kappa shape index (κ1) is 24.2. The van der Waals surface area contributed by atoms with Crippen molar-refractivity contribution in [2.24, 2.45) is 0 Å². The van der Waals surface area contributed by atoms with Crippen molar-refractivity contribution >= 4 is 38.8 Å². The molecule has 4 aromatic carbocycles. The topological polar surface area (TPSA) is 43.4 Å². The number of fused-ring (bicyclic) bond motifs is 1. The lowest BCUT2D eigenvalue weighted by molar-refractivity contribution is 0.269. The zero-order chi connectivity index (χ0) is 24.9. The monoisotopic (exact) mass is 514 g/mol. The molecule has 0 bridgehead atoms. The molecule has 36 heavy (non-hydrogen) atoms. The minimum atomic E-state index is 0.429. The van der Waals surface area contributed by atoms with Gasteiger partial charge in [0.15, 0.2) is 11.5 Å². The van der Waals surface area contributed by atoms with Crippen LogP contribution in [0.4, 0.5) is 5.69 Å². The molecule has 0 saturated heterocycles. The molecule has 6 heteroatoms. The summed E-state index contributed by atoms with van der Waals surface area (Å²) in [5, 5.41) is 5.04. The minimum Gasteiger partial charge on any atom is -0.490 e. The summed E-state index contributed by atoms with van der Waals surface area (Å²) < 4.78 is 13.1. The Morgan fingerprint density at radius 2 is 1.69 bits per heavy atom. The molecule has 182 valence electrons. The summed E-state index contributed by atoms with van der Waals surface area (Å²) in [6.45, 7) is 5.63. The molecule has 0 amide bonds. The number of rotatable bonds is 9. The molecule has 0 atom stereocenters. The third kappa shape index (κ3) is 5.64. The van der Waals surface area contributed by atoms with Gasteiger partial charge in [-0.25, -0.2) is 4.98 Å². The normalized spacial score (nSPS) is 11.0. The summed E-state index contributed by atoms with van der Waals surface area (Å²) in [7, 11) is 0. The highest BCUT2D eigenvalue weighted by molar-refractivity contribution is 7.21. The quantitative estimate of drug-likeness (QED) is 0.214. The molecule has 4 nitrogen and oxygen atoms in total. The van der Waals surface area contributed by atoms with Crippen LogP contribution in [0.1, 0.15) is 23.6 Å². The van der Waals surface area contributed by atoms with E-state index < -0.39 is 0 Å². The smallest absolute Gasteiger partial charge is 0.180 e. The Morgan fingerprint density at radius 1 is 0.889 bits per heavy atom. The van der Waals surface area contributed by atoms with E-state index in [9.17, 15) is 0 Å². The number of nitrogens with zero attached hydrogens (tertiary/aromatic N) is 1. The first-order valence-corrected chi connectivity index (χ1v) is 13.1. The van der Waals surface area contributed by atoms with Gasteiger partial charge in [0.05, 0.1) is 21.8 Å². The van der Waals surface area contributed by atoms with Crippen LogP contribution in [0.5, 0.6) is 11.5 Å². The number of ether oxygens (including phenoxy) is 2. The third-order valence-electron chi connectivity index (χ3n) is 5.77. The average molecular weight is 515 g/mol. The number of aryl methyl sites for hydroxylation is 1. The second kappa shape index (κ2) is 11.0. The molecule has 1 aromatic heterocycles. The van der Waals surface area contributed by atoms with E-state index in [2.05, 4.69) is 54.7 Å². The van der Waals surface area contributed by atoms with Crippen molar-refractivity contribution in [3.05, 3.63) is 107 Å². The summed E-state index contributed by atoms with van der Waals surface area (Å²) in [5.74, 6) is 1.22. The highest BCUT2D eigenvalue weighted by atomic mass is 35.5. The predicted octanol–water partition coefficient (Wildman–Crippen LogP) is 8.51. The molecule has 1 N–H and O–H groups in total. The van der Waals surface area contributed by atoms with Crippen LogP contribution in [0.25, 0.3) is 20.8 Å². The van der Waals surface area contributed by atoms with Gasteiger partial charge in [0.2, 0.25) is 0 Å². The molecule has 5 aromatic rings. The van der Waals surface area contributed by atoms with Crippen LogP contribution in [-0.2, 0) is 13.2 Å². The van der Waals surface area contributed by atoms with Crippen molar-refractivity contribution in [3.8, 4) is 22.1 Å². The minimum absolute atomic E-state index is 0.429. The van der Waals surface area contributed by atoms with E-state index in [4.69, 9.17) is 26.1 Å².